The number of rotatable bonds is 0. The predicted molar refractivity (Wildman–Crippen MR) is 38.9 cm³/mol. The third-order valence-corrected chi connectivity index (χ3v) is 2.94. The predicted octanol–water partition coefficient (Wildman–Crippen LogP) is 1.31. The first kappa shape index (κ1) is 7.95. The summed E-state index contributed by atoms with van der Waals surface area (Å²) in [6, 6.07) is 0. The molecule has 0 aromatic carbocycles. The third kappa shape index (κ3) is 1.01. The normalized spacial score (nSPS) is 39.0. The van der Waals surface area contributed by atoms with Gasteiger partial charge in [-0.25, -0.2) is 8.78 Å². The Labute approximate surface area is 69.3 Å². The molecule has 2 rings (SSSR count). The zero-order valence-corrected chi connectivity index (χ0v) is 6.70. The van der Waals surface area contributed by atoms with Crippen LogP contribution >= 0.6 is 0 Å². The van der Waals surface area contributed by atoms with E-state index in [1.807, 2.05) is 0 Å². The van der Waals surface area contributed by atoms with Crippen molar-refractivity contribution in [3.05, 3.63) is 0 Å². The molecule has 0 bridgehead atoms. The van der Waals surface area contributed by atoms with Gasteiger partial charge >= 0.3 is 0 Å². The number of alkyl halides is 2. The monoisotopic (exact) mass is 175 g/mol. The molecule has 1 heterocycles. The van der Waals surface area contributed by atoms with Crippen molar-refractivity contribution < 1.29 is 13.6 Å². The van der Waals surface area contributed by atoms with E-state index in [0.717, 1.165) is 0 Å². The average Bonchev–Trinajstić information content (AvgIpc) is 2.43. The van der Waals surface area contributed by atoms with Gasteiger partial charge in [-0.05, 0) is 12.8 Å². The molecule has 2 nitrogen and oxygen atoms in total. The van der Waals surface area contributed by atoms with Crippen molar-refractivity contribution >= 4 is 5.91 Å². The van der Waals surface area contributed by atoms with E-state index in [-0.39, 0.29) is 18.7 Å². The highest BCUT2D eigenvalue weighted by atomic mass is 19.3. The van der Waals surface area contributed by atoms with Crippen molar-refractivity contribution in [1.82, 2.24) is 5.32 Å². The number of hydrogen-bond donors (Lipinski definition) is 1. The van der Waals surface area contributed by atoms with Crippen molar-refractivity contribution in [2.45, 2.75) is 31.6 Å². The SMILES string of the molecule is O=C1NCCC12CCC(F)(F)C2. The second-order valence-electron chi connectivity index (χ2n) is 3.82. The van der Waals surface area contributed by atoms with Crippen molar-refractivity contribution in [3.63, 3.8) is 0 Å². The summed E-state index contributed by atoms with van der Waals surface area (Å²) < 4.78 is 25.7. The molecule has 1 unspecified atom stereocenters. The maximum atomic E-state index is 12.8. The van der Waals surface area contributed by atoms with E-state index in [4.69, 9.17) is 0 Å². The molecule has 1 aliphatic heterocycles. The smallest absolute Gasteiger partial charge is 0.249 e. The lowest BCUT2D eigenvalue weighted by atomic mass is 9.84. The zero-order valence-electron chi connectivity index (χ0n) is 6.70. The first-order valence-electron chi connectivity index (χ1n) is 4.20. The molecule has 1 saturated carbocycles. The van der Waals surface area contributed by atoms with E-state index >= 15 is 0 Å². The summed E-state index contributed by atoms with van der Waals surface area (Å²) >= 11 is 0. The number of hydrogen-bond acceptors (Lipinski definition) is 1. The van der Waals surface area contributed by atoms with E-state index in [1.165, 1.54) is 0 Å². The topological polar surface area (TPSA) is 29.1 Å². The highest BCUT2D eigenvalue weighted by molar-refractivity contribution is 5.85. The van der Waals surface area contributed by atoms with Gasteiger partial charge in [0.05, 0.1) is 5.41 Å². The molecule has 1 aliphatic carbocycles. The minimum absolute atomic E-state index is 0.125. The van der Waals surface area contributed by atoms with Gasteiger partial charge < -0.3 is 5.32 Å². The average molecular weight is 175 g/mol. The van der Waals surface area contributed by atoms with E-state index in [9.17, 15) is 13.6 Å². The molecule has 0 radical (unpaired) electrons. The summed E-state index contributed by atoms with van der Waals surface area (Å²) in [6.07, 6.45) is 0.569. The Balaban J connectivity index is 2.19. The van der Waals surface area contributed by atoms with Crippen molar-refractivity contribution in [3.8, 4) is 0 Å². The number of carbonyl (C=O) groups excluding carboxylic acids is 1. The van der Waals surface area contributed by atoms with Gasteiger partial charge in [-0.15, -0.1) is 0 Å². The first-order valence-corrected chi connectivity index (χ1v) is 4.20. The number of halogens is 2. The van der Waals surface area contributed by atoms with Gasteiger partial charge in [0.25, 0.3) is 0 Å². The summed E-state index contributed by atoms with van der Waals surface area (Å²) in [5, 5.41) is 2.62. The van der Waals surface area contributed by atoms with E-state index in [1.54, 1.807) is 0 Å². The molecular weight excluding hydrogens is 164 g/mol. The first-order chi connectivity index (χ1) is 5.54. The lowest BCUT2D eigenvalue weighted by Gasteiger charge is -2.18. The quantitative estimate of drug-likeness (QED) is 0.591. The molecule has 2 fully saturated rings. The van der Waals surface area contributed by atoms with Crippen LogP contribution in [-0.2, 0) is 4.79 Å². The lowest BCUT2D eigenvalue weighted by Crippen LogP contribution is -2.30. The zero-order chi connectivity index (χ0) is 8.82. The molecule has 4 heteroatoms. The maximum absolute atomic E-state index is 12.8. The molecule has 12 heavy (non-hydrogen) atoms. The second-order valence-corrected chi connectivity index (χ2v) is 3.82. The molecule has 1 N–H and O–H groups in total. The highest BCUT2D eigenvalue weighted by Gasteiger charge is 2.55. The minimum Gasteiger partial charge on any atom is -0.356 e. The van der Waals surface area contributed by atoms with Crippen LogP contribution in [0.25, 0.3) is 0 Å². The lowest BCUT2D eigenvalue weighted by molar-refractivity contribution is -0.128. The largest absolute Gasteiger partial charge is 0.356 e. The maximum Gasteiger partial charge on any atom is 0.249 e. The molecule has 0 aromatic heterocycles. The summed E-state index contributed by atoms with van der Waals surface area (Å²) in [6.45, 7) is 0.564. The molecular formula is C8H11F2NO. The van der Waals surface area contributed by atoms with Crippen LogP contribution in [0.15, 0.2) is 0 Å². The van der Waals surface area contributed by atoms with Gasteiger partial charge in [-0.3, -0.25) is 4.79 Å². The van der Waals surface area contributed by atoms with Crippen LogP contribution in [0.5, 0.6) is 0 Å². The van der Waals surface area contributed by atoms with Crippen LogP contribution in [0.1, 0.15) is 25.7 Å². The van der Waals surface area contributed by atoms with E-state index in [0.29, 0.717) is 19.4 Å². The Morgan fingerprint density at radius 2 is 2.00 bits per heavy atom. The highest BCUT2D eigenvalue weighted by Crippen LogP contribution is 2.50. The third-order valence-electron chi connectivity index (χ3n) is 2.94. The number of carbonyl (C=O) groups is 1. The Hall–Kier alpha value is -0.670. The molecule has 68 valence electrons. The summed E-state index contributed by atoms with van der Waals surface area (Å²) in [4.78, 5) is 11.2. The van der Waals surface area contributed by atoms with Gasteiger partial charge in [0, 0.05) is 19.4 Å². The summed E-state index contributed by atoms with van der Waals surface area (Å²) in [5.41, 5.74) is -0.719. The van der Waals surface area contributed by atoms with Crippen LogP contribution in [-0.4, -0.2) is 18.4 Å². The fraction of sp³-hybridized carbons (Fsp3) is 0.875. The summed E-state index contributed by atoms with van der Waals surface area (Å²) in [5.74, 6) is -2.78. The molecule has 1 atom stereocenters. The van der Waals surface area contributed by atoms with Gasteiger partial charge in [-0.1, -0.05) is 0 Å². The second kappa shape index (κ2) is 2.18. The van der Waals surface area contributed by atoms with Crippen LogP contribution in [0.4, 0.5) is 8.78 Å². The van der Waals surface area contributed by atoms with Crippen molar-refractivity contribution in [2.24, 2.45) is 5.41 Å². The molecule has 0 aromatic rings. The van der Waals surface area contributed by atoms with Crippen LogP contribution in [0.3, 0.4) is 0 Å². The fourth-order valence-corrected chi connectivity index (χ4v) is 2.22. The number of amides is 1. The standard InChI is InChI=1S/C8H11F2NO/c9-8(10)2-1-7(5-8)3-4-11-6(7)12/h1-5H2,(H,11,12). The van der Waals surface area contributed by atoms with E-state index < -0.39 is 11.3 Å². The fourth-order valence-electron chi connectivity index (χ4n) is 2.22. The Morgan fingerprint density at radius 3 is 2.42 bits per heavy atom. The minimum atomic E-state index is -2.61. The van der Waals surface area contributed by atoms with Gasteiger partial charge in [0.1, 0.15) is 0 Å². The van der Waals surface area contributed by atoms with Crippen LogP contribution in [0, 0.1) is 5.41 Å². The Kier molecular flexibility index (Phi) is 1.44. The van der Waals surface area contributed by atoms with Crippen molar-refractivity contribution in [2.75, 3.05) is 6.54 Å². The van der Waals surface area contributed by atoms with Gasteiger partial charge in [-0.2, -0.15) is 0 Å². The molecule has 1 amide bonds. The Morgan fingerprint density at radius 1 is 1.25 bits per heavy atom. The molecule has 1 saturated heterocycles. The van der Waals surface area contributed by atoms with Gasteiger partial charge in [0.2, 0.25) is 11.8 Å². The van der Waals surface area contributed by atoms with Crippen LogP contribution < -0.4 is 5.32 Å². The molecule has 1 spiro atoms. The van der Waals surface area contributed by atoms with Gasteiger partial charge in [0.15, 0.2) is 0 Å². The molecule has 2 aliphatic rings. The number of nitrogens with one attached hydrogen (secondary N) is 1. The summed E-state index contributed by atoms with van der Waals surface area (Å²) in [7, 11) is 0. The Bertz CT molecular complexity index is 229. The van der Waals surface area contributed by atoms with Crippen LogP contribution in [0.2, 0.25) is 0 Å². The van der Waals surface area contributed by atoms with Crippen molar-refractivity contribution in [1.29, 1.82) is 0 Å². The van der Waals surface area contributed by atoms with E-state index in [2.05, 4.69) is 5.32 Å².